The van der Waals surface area contributed by atoms with Crippen LogP contribution in [-0.2, 0) is 0 Å². The van der Waals surface area contributed by atoms with E-state index in [9.17, 15) is 30.0 Å². The molecular weight excluding hydrogens is 352 g/mol. The molecule has 0 aromatic heterocycles. The molecule has 0 atom stereocenters. The maximum atomic E-state index is 10.6. The fourth-order valence-electron chi connectivity index (χ4n) is 1.27. The van der Waals surface area contributed by atoms with E-state index in [0.717, 1.165) is 0 Å². The number of hydrogen-bond donors (Lipinski definition) is 0. The predicted octanol–water partition coefficient (Wildman–Crippen LogP) is -5.43. The average molecular weight is 369 g/mol. The molecule has 11 heteroatoms. The van der Waals surface area contributed by atoms with Crippen molar-refractivity contribution in [3.63, 3.8) is 0 Å². The predicted molar refractivity (Wildman–Crippen MR) is 80.6 cm³/mol. The quantitative estimate of drug-likeness (QED) is 0.466. The fourth-order valence-corrected chi connectivity index (χ4v) is 1.27. The number of carboxylic acids is 2. The molecule has 0 aliphatic heterocycles. The zero-order chi connectivity index (χ0) is 15.1. The van der Waals surface area contributed by atoms with Crippen LogP contribution in [0.15, 0.2) is 48.5 Å². The van der Waals surface area contributed by atoms with Crippen LogP contribution in [0.2, 0.25) is 0 Å². The van der Waals surface area contributed by atoms with Crippen molar-refractivity contribution in [2.45, 2.75) is 0 Å². The largest absolute Gasteiger partial charge is 2.00 e. The molecule has 0 unspecified atom stereocenters. The molecule has 0 saturated carbocycles. The molecule has 2 aromatic carbocycles. The van der Waals surface area contributed by atoms with Crippen molar-refractivity contribution in [1.82, 2.24) is 0 Å². The van der Waals surface area contributed by atoms with Crippen LogP contribution in [0.4, 0.5) is 0 Å². The van der Waals surface area contributed by atoms with Crippen molar-refractivity contribution in [2.24, 2.45) is 0 Å². The van der Waals surface area contributed by atoms with Gasteiger partial charge in [0.05, 0.1) is 11.9 Å². The van der Waals surface area contributed by atoms with E-state index in [-0.39, 0.29) is 56.1 Å². The minimum absolute atomic E-state index is 0. The molecule has 0 aliphatic rings. The van der Waals surface area contributed by atoms with E-state index in [0.29, 0.717) is 0 Å². The third-order valence-corrected chi connectivity index (χ3v) is 2.21. The van der Waals surface area contributed by atoms with Gasteiger partial charge < -0.3 is 51.9 Å². The Morgan fingerprint density at radius 2 is 0.840 bits per heavy atom. The average Bonchev–Trinajstić information content (AvgIpc) is 2.40. The van der Waals surface area contributed by atoms with Gasteiger partial charge in [0.15, 0.2) is 0 Å². The second kappa shape index (κ2) is 16.4. The number of carboxylic acid groups (broad SMARTS) is 2. The third-order valence-electron chi connectivity index (χ3n) is 2.21. The Hall–Kier alpha value is -2.41. The topological polar surface area (TPSA) is 252 Å². The number of carbonyl (C=O) groups is 2. The Bertz CT molecular complexity index is 577. The van der Waals surface area contributed by atoms with Crippen molar-refractivity contribution < 1.29 is 51.9 Å². The summed E-state index contributed by atoms with van der Waals surface area (Å²) in [6, 6.07) is 10.7. The molecular formula is C14H16MgO10-2. The monoisotopic (exact) mass is 368 g/mol. The standard InChI is InChI=1S/2C7H6O3.Mg.4H2O/c2*8-6-4-2-1-3-5(6)7(9)10;;;;;/h2*1-4,8H,(H,9,10);;4*1H2/q;;+2;;;;/p-4. The molecule has 10 nitrogen and oxygen atoms in total. The smallest absolute Gasteiger partial charge is 0.872 e. The van der Waals surface area contributed by atoms with Crippen LogP contribution in [0.5, 0.6) is 11.5 Å². The summed E-state index contributed by atoms with van der Waals surface area (Å²) in [6.07, 6.45) is 0. The van der Waals surface area contributed by atoms with Gasteiger partial charge in [-0.1, -0.05) is 60.0 Å². The van der Waals surface area contributed by atoms with Crippen LogP contribution in [0, 0.1) is 0 Å². The van der Waals surface area contributed by atoms with Crippen molar-refractivity contribution in [3.8, 4) is 11.5 Å². The first-order chi connectivity index (χ1) is 9.43. The number of benzene rings is 2. The Morgan fingerprint density at radius 1 is 0.600 bits per heavy atom. The van der Waals surface area contributed by atoms with Gasteiger partial charge in [-0.2, -0.15) is 0 Å². The van der Waals surface area contributed by atoms with E-state index in [1.165, 1.54) is 48.5 Å². The zero-order valence-electron chi connectivity index (χ0n) is 12.8. The Labute approximate surface area is 158 Å². The molecule has 136 valence electrons. The van der Waals surface area contributed by atoms with E-state index < -0.39 is 23.4 Å². The fraction of sp³-hybridized carbons (Fsp3) is 0. The van der Waals surface area contributed by atoms with Crippen LogP contribution in [0.25, 0.3) is 0 Å². The van der Waals surface area contributed by atoms with Crippen molar-refractivity contribution >= 4 is 35.0 Å². The zero-order valence-corrected chi connectivity index (χ0v) is 14.2. The van der Waals surface area contributed by atoms with Crippen LogP contribution >= 0.6 is 0 Å². The first-order valence-corrected chi connectivity index (χ1v) is 5.38. The summed E-state index contributed by atoms with van der Waals surface area (Å²) in [6.45, 7) is 0. The number of carbonyl (C=O) groups excluding carboxylic acids is 2. The molecule has 0 amide bonds. The maximum Gasteiger partial charge on any atom is 2.00 e. The summed E-state index contributed by atoms with van der Waals surface area (Å²) in [4.78, 5) is 20.2. The van der Waals surface area contributed by atoms with Crippen LogP contribution in [0.1, 0.15) is 20.7 Å². The second-order valence-corrected chi connectivity index (χ2v) is 3.57. The molecule has 0 saturated heterocycles. The van der Waals surface area contributed by atoms with Crippen molar-refractivity contribution in [1.29, 1.82) is 0 Å². The minimum atomic E-state index is -1.43. The van der Waals surface area contributed by atoms with Crippen molar-refractivity contribution in [2.75, 3.05) is 0 Å². The van der Waals surface area contributed by atoms with E-state index in [1.807, 2.05) is 0 Å². The van der Waals surface area contributed by atoms with Gasteiger partial charge in [0.25, 0.3) is 0 Å². The van der Waals surface area contributed by atoms with E-state index in [4.69, 9.17) is 0 Å². The van der Waals surface area contributed by atoms with Gasteiger partial charge in [-0.25, -0.2) is 0 Å². The molecule has 0 fully saturated rings. The molecule has 0 aliphatic carbocycles. The van der Waals surface area contributed by atoms with Gasteiger partial charge in [-0.3, -0.25) is 0 Å². The number of rotatable bonds is 2. The van der Waals surface area contributed by atoms with Crippen LogP contribution in [0.3, 0.4) is 0 Å². The summed E-state index contributed by atoms with van der Waals surface area (Å²) in [5, 5.41) is 41.5. The normalized spacial score (nSPS) is 7.36. The van der Waals surface area contributed by atoms with E-state index >= 15 is 0 Å². The molecule has 0 spiro atoms. The summed E-state index contributed by atoms with van der Waals surface area (Å²) >= 11 is 0. The molecule has 25 heavy (non-hydrogen) atoms. The summed E-state index contributed by atoms with van der Waals surface area (Å²) in [5.74, 6) is -3.87. The Kier molecular flexibility index (Phi) is 22.4. The summed E-state index contributed by atoms with van der Waals surface area (Å²) in [5.41, 5.74) is -0.579. The second-order valence-electron chi connectivity index (χ2n) is 3.57. The Balaban J connectivity index is -0.0000000889. The summed E-state index contributed by atoms with van der Waals surface area (Å²) < 4.78 is 0. The third kappa shape index (κ3) is 10.9. The van der Waals surface area contributed by atoms with Gasteiger partial charge in [0, 0.05) is 0 Å². The van der Waals surface area contributed by atoms with Gasteiger partial charge >= 0.3 is 23.1 Å². The minimum Gasteiger partial charge on any atom is -0.872 e. The summed E-state index contributed by atoms with van der Waals surface area (Å²) in [7, 11) is 0. The number of aromatic carboxylic acids is 2. The SMILES string of the molecule is O.O.O.O.O=C([O-])c1ccccc1[O-].O=C([O-])c1ccccc1[O-].[Mg+2]. The van der Waals surface area contributed by atoms with Crippen LogP contribution in [-0.4, -0.2) is 56.9 Å². The van der Waals surface area contributed by atoms with Crippen LogP contribution < -0.4 is 20.4 Å². The van der Waals surface area contributed by atoms with Gasteiger partial charge in [0.2, 0.25) is 0 Å². The molecule has 8 N–H and O–H groups in total. The molecule has 0 radical (unpaired) electrons. The van der Waals surface area contributed by atoms with E-state index in [2.05, 4.69) is 0 Å². The van der Waals surface area contributed by atoms with E-state index in [1.54, 1.807) is 0 Å². The van der Waals surface area contributed by atoms with Gasteiger partial charge in [-0.15, -0.1) is 0 Å². The maximum absolute atomic E-state index is 10.6. The molecule has 0 heterocycles. The first kappa shape index (κ1) is 34.0. The molecule has 0 bridgehead atoms. The van der Waals surface area contributed by atoms with Gasteiger partial charge in [-0.05, 0) is 11.1 Å². The molecule has 2 rings (SSSR count). The molecule has 2 aromatic rings. The van der Waals surface area contributed by atoms with Crippen molar-refractivity contribution in [3.05, 3.63) is 59.7 Å². The number of para-hydroxylation sites is 2. The van der Waals surface area contributed by atoms with Gasteiger partial charge in [0.1, 0.15) is 0 Å². The first-order valence-electron chi connectivity index (χ1n) is 5.38. The number of hydrogen-bond acceptors (Lipinski definition) is 6. The Morgan fingerprint density at radius 3 is 1.00 bits per heavy atom.